The third-order valence-corrected chi connectivity index (χ3v) is 3.64. The summed E-state index contributed by atoms with van der Waals surface area (Å²) in [7, 11) is 0. The van der Waals surface area contributed by atoms with Crippen molar-refractivity contribution in [3.63, 3.8) is 0 Å². The number of para-hydroxylation sites is 1. The molecule has 1 N–H and O–H groups in total. The van der Waals surface area contributed by atoms with Crippen LogP contribution >= 0.6 is 0 Å². The highest BCUT2D eigenvalue weighted by Gasteiger charge is 2.27. The van der Waals surface area contributed by atoms with Gasteiger partial charge in [-0.1, -0.05) is 12.1 Å². The third kappa shape index (κ3) is 2.84. The first kappa shape index (κ1) is 13.9. The van der Waals surface area contributed by atoms with Crippen LogP contribution in [0.2, 0.25) is 0 Å². The molecule has 1 heterocycles. The van der Waals surface area contributed by atoms with E-state index in [1.807, 2.05) is 45.0 Å². The molecule has 110 valence electrons. The van der Waals surface area contributed by atoms with Gasteiger partial charge in [0.25, 0.3) is 5.56 Å². The number of hydrogen-bond acceptors (Lipinski definition) is 3. The molecular formula is C17H20N2O2. The molecule has 4 nitrogen and oxygen atoms in total. The Morgan fingerprint density at radius 3 is 2.67 bits per heavy atom. The van der Waals surface area contributed by atoms with Crippen molar-refractivity contribution in [2.45, 2.75) is 45.6 Å². The quantitative estimate of drug-likeness (QED) is 0.936. The fraction of sp³-hybridized carbons (Fsp3) is 0.412. The van der Waals surface area contributed by atoms with Gasteiger partial charge in [0.15, 0.2) is 0 Å². The number of benzene rings is 1. The molecule has 2 aromatic rings. The van der Waals surface area contributed by atoms with Crippen molar-refractivity contribution in [2.24, 2.45) is 0 Å². The first-order valence-electron chi connectivity index (χ1n) is 7.43. The number of H-pyrrole nitrogens is 1. The standard InChI is InChI=1S/C17H20N2O2/c1-10(2)21-14-7-5-4-6-13(14)15-11(3)17(20)19-16(18-15)12-8-9-12/h4-7,10,12H,8-9H2,1-3H3,(H,18,19,20). The third-order valence-electron chi connectivity index (χ3n) is 3.64. The number of rotatable bonds is 4. The molecule has 0 radical (unpaired) electrons. The van der Waals surface area contributed by atoms with E-state index in [0.717, 1.165) is 35.7 Å². The number of nitrogens with one attached hydrogen (secondary N) is 1. The Hall–Kier alpha value is -2.10. The lowest BCUT2D eigenvalue weighted by Crippen LogP contribution is -2.16. The van der Waals surface area contributed by atoms with Crippen LogP contribution in [0.15, 0.2) is 29.1 Å². The second-order valence-electron chi connectivity index (χ2n) is 5.86. The molecule has 21 heavy (non-hydrogen) atoms. The maximum Gasteiger partial charge on any atom is 0.254 e. The predicted molar refractivity (Wildman–Crippen MR) is 82.8 cm³/mol. The molecule has 0 unspecified atom stereocenters. The van der Waals surface area contributed by atoms with Crippen LogP contribution in [-0.2, 0) is 0 Å². The van der Waals surface area contributed by atoms with Gasteiger partial charge in [0.2, 0.25) is 0 Å². The molecule has 0 saturated heterocycles. The Kier molecular flexibility index (Phi) is 3.53. The topological polar surface area (TPSA) is 55.0 Å². The van der Waals surface area contributed by atoms with Crippen molar-refractivity contribution >= 4 is 0 Å². The zero-order valence-electron chi connectivity index (χ0n) is 12.6. The molecule has 0 aliphatic heterocycles. The van der Waals surface area contributed by atoms with E-state index in [1.165, 1.54) is 0 Å². The Morgan fingerprint density at radius 2 is 2.00 bits per heavy atom. The average molecular weight is 284 g/mol. The highest BCUT2D eigenvalue weighted by atomic mass is 16.5. The van der Waals surface area contributed by atoms with Crippen LogP contribution in [0.4, 0.5) is 0 Å². The lowest BCUT2D eigenvalue weighted by molar-refractivity contribution is 0.243. The average Bonchev–Trinajstić information content (AvgIpc) is 3.26. The van der Waals surface area contributed by atoms with Gasteiger partial charge in [0.05, 0.1) is 11.8 Å². The molecule has 3 rings (SSSR count). The molecule has 0 atom stereocenters. The first-order valence-corrected chi connectivity index (χ1v) is 7.43. The van der Waals surface area contributed by atoms with Gasteiger partial charge in [0, 0.05) is 17.0 Å². The van der Waals surface area contributed by atoms with Crippen LogP contribution in [0.3, 0.4) is 0 Å². The van der Waals surface area contributed by atoms with Crippen LogP contribution in [0.25, 0.3) is 11.3 Å². The number of hydrogen-bond donors (Lipinski definition) is 1. The number of aromatic nitrogens is 2. The Bertz CT molecular complexity index is 715. The lowest BCUT2D eigenvalue weighted by atomic mass is 10.1. The van der Waals surface area contributed by atoms with Gasteiger partial charge in [-0.25, -0.2) is 4.98 Å². The van der Waals surface area contributed by atoms with E-state index in [1.54, 1.807) is 0 Å². The number of nitrogens with zero attached hydrogens (tertiary/aromatic N) is 1. The van der Waals surface area contributed by atoms with Gasteiger partial charge < -0.3 is 9.72 Å². The van der Waals surface area contributed by atoms with Crippen molar-refractivity contribution < 1.29 is 4.74 Å². The van der Waals surface area contributed by atoms with Gasteiger partial charge >= 0.3 is 0 Å². The van der Waals surface area contributed by atoms with Crippen molar-refractivity contribution in [3.8, 4) is 17.0 Å². The Morgan fingerprint density at radius 1 is 1.29 bits per heavy atom. The first-order chi connectivity index (χ1) is 10.1. The van der Waals surface area contributed by atoms with Crippen molar-refractivity contribution in [1.82, 2.24) is 9.97 Å². The summed E-state index contributed by atoms with van der Waals surface area (Å²) in [4.78, 5) is 19.8. The van der Waals surface area contributed by atoms with Crippen LogP contribution in [0.1, 0.15) is 44.0 Å². The summed E-state index contributed by atoms with van der Waals surface area (Å²) >= 11 is 0. The van der Waals surface area contributed by atoms with E-state index < -0.39 is 0 Å². The molecular weight excluding hydrogens is 264 g/mol. The Labute approximate surface area is 124 Å². The van der Waals surface area contributed by atoms with E-state index in [4.69, 9.17) is 9.72 Å². The fourth-order valence-corrected chi connectivity index (χ4v) is 2.38. The maximum atomic E-state index is 12.2. The molecule has 1 aromatic carbocycles. The second-order valence-corrected chi connectivity index (χ2v) is 5.86. The second kappa shape index (κ2) is 5.35. The largest absolute Gasteiger partial charge is 0.490 e. The summed E-state index contributed by atoms with van der Waals surface area (Å²) in [5.41, 5.74) is 2.20. The minimum absolute atomic E-state index is 0.0544. The molecule has 1 aliphatic carbocycles. The summed E-state index contributed by atoms with van der Waals surface area (Å²) in [5, 5.41) is 0. The smallest absolute Gasteiger partial charge is 0.254 e. The highest BCUT2D eigenvalue weighted by Crippen LogP contribution is 2.39. The van der Waals surface area contributed by atoms with E-state index >= 15 is 0 Å². The number of ether oxygens (including phenoxy) is 1. The van der Waals surface area contributed by atoms with Gasteiger partial charge in [-0.3, -0.25) is 4.79 Å². The molecule has 1 saturated carbocycles. The van der Waals surface area contributed by atoms with Gasteiger partial charge in [-0.05, 0) is 45.7 Å². The molecule has 0 amide bonds. The lowest BCUT2D eigenvalue weighted by Gasteiger charge is -2.15. The molecule has 0 bridgehead atoms. The van der Waals surface area contributed by atoms with Crippen LogP contribution in [-0.4, -0.2) is 16.1 Å². The minimum atomic E-state index is -0.0544. The van der Waals surface area contributed by atoms with Gasteiger partial charge in [-0.15, -0.1) is 0 Å². The maximum absolute atomic E-state index is 12.2. The van der Waals surface area contributed by atoms with E-state index in [9.17, 15) is 4.79 Å². The van der Waals surface area contributed by atoms with Gasteiger partial charge in [-0.2, -0.15) is 0 Å². The fourth-order valence-electron chi connectivity index (χ4n) is 2.38. The molecule has 1 aromatic heterocycles. The minimum Gasteiger partial charge on any atom is -0.490 e. The molecule has 1 aliphatic rings. The summed E-state index contributed by atoms with van der Waals surface area (Å²) in [6.45, 7) is 5.79. The van der Waals surface area contributed by atoms with Crippen LogP contribution < -0.4 is 10.3 Å². The zero-order chi connectivity index (χ0) is 15.0. The number of aromatic amines is 1. The predicted octanol–water partition coefficient (Wildman–Crippen LogP) is 3.41. The summed E-state index contributed by atoms with van der Waals surface area (Å²) in [5.74, 6) is 1.99. The van der Waals surface area contributed by atoms with Gasteiger partial charge in [0.1, 0.15) is 11.6 Å². The normalized spacial score (nSPS) is 14.5. The zero-order valence-corrected chi connectivity index (χ0v) is 12.6. The van der Waals surface area contributed by atoms with Crippen LogP contribution in [0.5, 0.6) is 5.75 Å². The van der Waals surface area contributed by atoms with E-state index in [-0.39, 0.29) is 11.7 Å². The summed E-state index contributed by atoms with van der Waals surface area (Å²) in [6.07, 6.45) is 2.29. The summed E-state index contributed by atoms with van der Waals surface area (Å²) in [6, 6.07) is 7.77. The van der Waals surface area contributed by atoms with E-state index in [2.05, 4.69) is 4.98 Å². The summed E-state index contributed by atoms with van der Waals surface area (Å²) < 4.78 is 5.86. The van der Waals surface area contributed by atoms with Crippen molar-refractivity contribution in [2.75, 3.05) is 0 Å². The Balaban J connectivity index is 2.13. The molecule has 1 fully saturated rings. The molecule has 0 spiro atoms. The van der Waals surface area contributed by atoms with Crippen molar-refractivity contribution in [3.05, 3.63) is 46.0 Å². The van der Waals surface area contributed by atoms with Crippen LogP contribution in [0, 0.1) is 6.92 Å². The SMILES string of the molecule is Cc1c(-c2ccccc2OC(C)C)nc(C2CC2)[nH]c1=O. The monoisotopic (exact) mass is 284 g/mol. The van der Waals surface area contributed by atoms with Crippen molar-refractivity contribution in [1.29, 1.82) is 0 Å². The van der Waals surface area contributed by atoms with E-state index in [0.29, 0.717) is 11.5 Å². The molecule has 4 heteroatoms. The highest BCUT2D eigenvalue weighted by molar-refractivity contribution is 5.69.